The Bertz CT molecular complexity index is 1390. The van der Waals surface area contributed by atoms with E-state index in [9.17, 15) is 14.4 Å². The number of hydrogen-bond donors (Lipinski definition) is 1. The number of nitrogens with one attached hydrogen (secondary N) is 1. The van der Waals surface area contributed by atoms with Crippen LogP contribution in [0.5, 0.6) is 17.2 Å². The van der Waals surface area contributed by atoms with E-state index in [1.807, 2.05) is 24.3 Å². The molecule has 0 aliphatic carbocycles. The van der Waals surface area contributed by atoms with Crippen molar-refractivity contribution in [2.45, 2.75) is 13.3 Å². The van der Waals surface area contributed by atoms with Crippen molar-refractivity contribution >= 4 is 52.2 Å². The number of nitrogens with zero attached hydrogens (tertiary/aromatic N) is 1. The molecule has 3 amide bonds. The zero-order valence-electron chi connectivity index (χ0n) is 21.4. The number of carbonyl (C=O) groups is 3. The number of ether oxygens (including phenoxy) is 3. The number of halogens is 1. The van der Waals surface area contributed by atoms with Crippen LogP contribution in [-0.4, -0.2) is 48.8 Å². The molecule has 0 atom stereocenters. The van der Waals surface area contributed by atoms with Crippen molar-refractivity contribution in [3.63, 3.8) is 0 Å². The van der Waals surface area contributed by atoms with Gasteiger partial charge in [-0.1, -0.05) is 48.9 Å². The fourth-order valence-electron chi connectivity index (χ4n) is 3.71. The van der Waals surface area contributed by atoms with E-state index in [-0.39, 0.29) is 35.8 Å². The molecule has 1 heterocycles. The van der Waals surface area contributed by atoms with Crippen LogP contribution in [0.4, 0.5) is 10.5 Å². The molecule has 0 spiro atoms. The van der Waals surface area contributed by atoms with Gasteiger partial charge in [0, 0.05) is 5.69 Å². The second-order valence-electron chi connectivity index (χ2n) is 8.41. The summed E-state index contributed by atoms with van der Waals surface area (Å²) in [6, 6.07) is 19.6. The highest BCUT2D eigenvalue weighted by atomic mass is 35.5. The lowest BCUT2D eigenvalue weighted by molar-refractivity contribution is -0.123. The summed E-state index contributed by atoms with van der Waals surface area (Å²) < 4.78 is 16.7. The van der Waals surface area contributed by atoms with Crippen molar-refractivity contribution in [1.82, 2.24) is 4.90 Å². The monoisotopic (exact) mass is 566 g/mol. The van der Waals surface area contributed by atoms with Crippen molar-refractivity contribution in [1.29, 1.82) is 0 Å². The van der Waals surface area contributed by atoms with E-state index in [0.29, 0.717) is 33.5 Å². The minimum absolute atomic E-state index is 0.0914. The lowest BCUT2D eigenvalue weighted by Gasteiger charge is -2.14. The molecule has 8 nitrogen and oxygen atoms in total. The van der Waals surface area contributed by atoms with E-state index in [1.54, 1.807) is 48.5 Å². The van der Waals surface area contributed by atoms with Crippen molar-refractivity contribution < 1.29 is 28.6 Å². The third-order valence-electron chi connectivity index (χ3n) is 5.77. The first kappa shape index (κ1) is 28.1. The Morgan fingerprint density at radius 1 is 1.00 bits per heavy atom. The molecule has 0 aromatic heterocycles. The van der Waals surface area contributed by atoms with Gasteiger partial charge in [-0.15, -0.1) is 0 Å². The van der Waals surface area contributed by atoms with Gasteiger partial charge in [-0.2, -0.15) is 0 Å². The molecule has 202 valence electrons. The van der Waals surface area contributed by atoms with Crippen molar-refractivity contribution in [2.75, 3.05) is 32.2 Å². The standard InChI is InChI=1S/C29H27ClN2O6S/c1-3-19-8-11-21(12-9-19)31-27(33)18-38-24-13-10-20(16-25(24)36-2)17-26-28(34)32(29(35)39-26)14-15-37-23-7-5-4-6-22(23)30/h4-13,16-17H,3,14-15,18H2,1-2H3,(H,31,33)/b26-17-. The highest BCUT2D eigenvalue weighted by molar-refractivity contribution is 8.18. The molecule has 0 unspecified atom stereocenters. The van der Waals surface area contributed by atoms with Crippen LogP contribution in [0.1, 0.15) is 18.1 Å². The van der Waals surface area contributed by atoms with Crippen LogP contribution < -0.4 is 19.5 Å². The molecule has 1 saturated heterocycles. The molecular weight excluding hydrogens is 540 g/mol. The summed E-state index contributed by atoms with van der Waals surface area (Å²) in [7, 11) is 1.48. The maximum atomic E-state index is 12.8. The minimum Gasteiger partial charge on any atom is -0.493 e. The van der Waals surface area contributed by atoms with Gasteiger partial charge in [0.2, 0.25) is 0 Å². The summed E-state index contributed by atoms with van der Waals surface area (Å²) in [4.78, 5) is 39.0. The highest BCUT2D eigenvalue weighted by Crippen LogP contribution is 2.34. The number of methoxy groups -OCH3 is 1. The van der Waals surface area contributed by atoms with Crippen LogP contribution >= 0.6 is 23.4 Å². The van der Waals surface area contributed by atoms with E-state index in [0.717, 1.165) is 23.1 Å². The van der Waals surface area contributed by atoms with Gasteiger partial charge in [0.15, 0.2) is 18.1 Å². The SMILES string of the molecule is CCc1ccc(NC(=O)COc2ccc(/C=C3\SC(=O)N(CCOc4ccccc4Cl)C3=O)cc2OC)cc1. The molecule has 1 fully saturated rings. The summed E-state index contributed by atoms with van der Waals surface area (Å²) >= 11 is 6.93. The first-order valence-corrected chi connectivity index (χ1v) is 13.4. The number of para-hydroxylation sites is 1. The zero-order chi connectivity index (χ0) is 27.8. The Hall–Kier alpha value is -3.95. The Kier molecular flexibility index (Phi) is 9.51. The topological polar surface area (TPSA) is 94.2 Å². The number of thioether (sulfide) groups is 1. The summed E-state index contributed by atoms with van der Waals surface area (Å²) in [5, 5.41) is 2.87. The summed E-state index contributed by atoms with van der Waals surface area (Å²) in [6.07, 6.45) is 2.53. The van der Waals surface area contributed by atoms with E-state index < -0.39 is 5.91 Å². The maximum Gasteiger partial charge on any atom is 0.293 e. The smallest absolute Gasteiger partial charge is 0.293 e. The molecule has 39 heavy (non-hydrogen) atoms. The van der Waals surface area contributed by atoms with Crippen molar-refractivity contribution in [2.24, 2.45) is 0 Å². The predicted molar refractivity (Wildman–Crippen MR) is 153 cm³/mol. The molecule has 0 bridgehead atoms. The number of benzene rings is 3. The molecule has 3 aromatic rings. The third kappa shape index (κ3) is 7.34. The molecule has 3 aromatic carbocycles. The number of imide groups is 1. The minimum atomic E-state index is -0.407. The Labute approximate surface area is 235 Å². The average molecular weight is 567 g/mol. The fraction of sp³-hybridized carbons (Fsp3) is 0.207. The van der Waals surface area contributed by atoms with Gasteiger partial charge in [-0.25, -0.2) is 0 Å². The van der Waals surface area contributed by atoms with Crippen LogP contribution in [0, 0.1) is 0 Å². The molecule has 1 aliphatic heterocycles. The summed E-state index contributed by atoms with van der Waals surface area (Å²) in [5.41, 5.74) is 2.51. The normalized spacial score (nSPS) is 14.0. The van der Waals surface area contributed by atoms with Crippen LogP contribution in [0.25, 0.3) is 6.08 Å². The lowest BCUT2D eigenvalue weighted by Crippen LogP contribution is -2.32. The average Bonchev–Trinajstić information content (AvgIpc) is 3.20. The highest BCUT2D eigenvalue weighted by Gasteiger charge is 2.34. The largest absolute Gasteiger partial charge is 0.493 e. The van der Waals surface area contributed by atoms with Gasteiger partial charge in [0.05, 0.1) is 23.6 Å². The zero-order valence-corrected chi connectivity index (χ0v) is 23.0. The number of anilines is 1. The van der Waals surface area contributed by atoms with E-state index in [1.165, 1.54) is 12.7 Å². The fourth-order valence-corrected chi connectivity index (χ4v) is 4.77. The van der Waals surface area contributed by atoms with Gasteiger partial charge in [-0.05, 0) is 71.8 Å². The molecular formula is C29H27ClN2O6S. The number of amides is 3. The van der Waals surface area contributed by atoms with Crippen LogP contribution in [0.15, 0.2) is 71.6 Å². The van der Waals surface area contributed by atoms with Crippen LogP contribution in [0.3, 0.4) is 0 Å². The molecule has 0 saturated carbocycles. The number of hydrogen-bond acceptors (Lipinski definition) is 7. The van der Waals surface area contributed by atoms with Gasteiger partial charge >= 0.3 is 0 Å². The molecule has 10 heteroatoms. The van der Waals surface area contributed by atoms with Gasteiger partial charge in [-0.3, -0.25) is 19.3 Å². The number of carbonyl (C=O) groups excluding carboxylic acids is 3. The van der Waals surface area contributed by atoms with Gasteiger partial charge in [0.1, 0.15) is 12.4 Å². The van der Waals surface area contributed by atoms with Crippen molar-refractivity contribution in [3.05, 3.63) is 87.8 Å². The summed E-state index contributed by atoms with van der Waals surface area (Å²) in [5.74, 6) is 0.527. The Morgan fingerprint density at radius 2 is 1.77 bits per heavy atom. The van der Waals surface area contributed by atoms with E-state index in [2.05, 4.69) is 12.2 Å². The first-order chi connectivity index (χ1) is 18.9. The van der Waals surface area contributed by atoms with E-state index >= 15 is 0 Å². The van der Waals surface area contributed by atoms with Crippen LogP contribution in [-0.2, 0) is 16.0 Å². The second-order valence-corrected chi connectivity index (χ2v) is 9.81. The van der Waals surface area contributed by atoms with Crippen LogP contribution in [0.2, 0.25) is 5.02 Å². The predicted octanol–water partition coefficient (Wildman–Crippen LogP) is 6.04. The molecule has 1 aliphatic rings. The first-order valence-electron chi connectivity index (χ1n) is 12.2. The Morgan fingerprint density at radius 3 is 2.49 bits per heavy atom. The second kappa shape index (κ2) is 13.2. The van der Waals surface area contributed by atoms with Gasteiger partial charge in [0.25, 0.3) is 17.1 Å². The Balaban J connectivity index is 1.34. The third-order valence-corrected chi connectivity index (χ3v) is 6.99. The van der Waals surface area contributed by atoms with Crippen molar-refractivity contribution in [3.8, 4) is 17.2 Å². The quantitative estimate of drug-likeness (QED) is 0.283. The summed E-state index contributed by atoms with van der Waals surface area (Å²) in [6.45, 7) is 2.07. The molecule has 1 N–H and O–H groups in total. The number of aryl methyl sites for hydroxylation is 1. The van der Waals surface area contributed by atoms with Gasteiger partial charge < -0.3 is 19.5 Å². The molecule has 0 radical (unpaired) electrons. The van der Waals surface area contributed by atoms with E-state index in [4.69, 9.17) is 25.8 Å². The maximum absolute atomic E-state index is 12.8. The molecule has 4 rings (SSSR count). The lowest BCUT2D eigenvalue weighted by atomic mass is 10.1. The number of rotatable bonds is 11.